The zero-order valence-corrected chi connectivity index (χ0v) is 17.7. The molecule has 1 saturated heterocycles. The summed E-state index contributed by atoms with van der Waals surface area (Å²) < 4.78 is 0. The first-order chi connectivity index (χ1) is 13.5. The highest BCUT2D eigenvalue weighted by molar-refractivity contribution is 7.21. The van der Waals surface area contributed by atoms with Crippen molar-refractivity contribution < 1.29 is 9.59 Å². The van der Waals surface area contributed by atoms with Crippen LogP contribution >= 0.6 is 45.9 Å². The summed E-state index contributed by atoms with van der Waals surface area (Å²) in [6.07, 6.45) is 1.63. The van der Waals surface area contributed by atoms with Crippen LogP contribution in [0.1, 0.15) is 20.0 Å². The van der Waals surface area contributed by atoms with E-state index in [2.05, 4.69) is 4.98 Å². The summed E-state index contributed by atoms with van der Waals surface area (Å²) in [4.78, 5) is 35.0. The molecule has 0 unspecified atom stereocenters. The van der Waals surface area contributed by atoms with Crippen molar-refractivity contribution >= 4 is 57.7 Å². The summed E-state index contributed by atoms with van der Waals surface area (Å²) in [5.74, 6) is -0.174. The summed E-state index contributed by atoms with van der Waals surface area (Å²) >= 11 is 15.0. The van der Waals surface area contributed by atoms with Crippen LogP contribution in [-0.2, 0) is 0 Å². The smallest absolute Gasteiger partial charge is 0.265 e. The van der Waals surface area contributed by atoms with Crippen LogP contribution in [0.5, 0.6) is 0 Å². The van der Waals surface area contributed by atoms with E-state index < -0.39 is 0 Å². The van der Waals surface area contributed by atoms with Gasteiger partial charge in [0.1, 0.15) is 9.88 Å². The lowest BCUT2D eigenvalue weighted by molar-refractivity contribution is 0.0538. The summed E-state index contributed by atoms with van der Waals surface area (Å²) in [6, 6.07) is 8.76. The van der Waals surface area contributed by atoms with E-state index in [-0.39, 0.29) is 11.8 Å². The Morgan fingerprint density at radius 2 is 1.61 bits per heavy atom. The Morgan fingerprint density at radius 3 is 2.21 bits per heavy atom. The lowest BCUT2D eigenvalue weighted by atomic mass is 10.2. The second-order valence-electron chi connectivity index (χ2n) is 6.25. The molecule has 3 heterocycles. The SMILES string of the molecule is O=C(c1cc(Cl)cc(Cl)c1)N1CCN(C(=O)c2cnc(-c3cccs3)s2)CC1. The van der Waals surface area contributed by atoms with Gasteiger partial charge in [-0.15, -0.1) is 22.7 Å². The Kier molecular flexibility index (Phi) is 5.68. The lowest BCUT2D eigenvalue weighted by Crippen LogP contribution is -2.50. The molecule has 0 bridgehead atoms. The first-order valence-corrected chi connectivity index (χ1v) is 11.0. The minimum absolute atomic E-state index is 0.0433. The van der Waals surface area contributed by atoms with Gasteiger partial charge in [-0.2, -0.15) is 0 Å². The van der Waals surface area contributed by atoms with Crippen LogP contribution in [0.15, 0.2) is 41.9 Å². The quantitative estimate of drug-likeness (QED) is 0.575. The van der Waals surface area contributed by atoms with Gasteiger partial charge >= 0.3 is 0 Å². The van der Waals surface area contributed by atoms with Gasteiger partial charge in [0.05, 0.1) is 11.1 Å². The number of carbonyl (C=O) groups is 2. The van der Waals surface area contributed by atoms with E-state index >= 15 is 0 Å². The molecule has 0 spiro atoms. The number of thiophene rings is 1. The van der Waals surface area contributed by atoms with E-state index in [0.717, 1.165) is 9.88 Å². The summed E-state index contributed by atoms with van der Waals surface area (Å²) in [7, 11) is 0. The van der Waals surface area contributed by atoms with Crippen molar-refractivity contribution in [3.05, 3.63) is 62.4 Å². The molecule has 9 heteroatoms. The summed E-state index contributed by atoms with van der Waals surface area (Å²) in [6.45, 7) is 1.88. The average molecular weight is 452 g/mol. The molecule has 2 amide bonds. The van der Waals surface area contributed by atoms with E-state index in [1.807, 2.05) is 17.5 Å². The number of nitrogens with zero attached hydrogens (tertiary/aromatic N) is 3. The number of hydrogen-bond donors (Lipinski definition) is 0. The van der Waals surface area contributed by atoms with Crippen molar-refractivity contribution in [1.82, 2.24) is 14.8 Å². The van der Waals surface area contributed by atoms with Crippen LogP contribution in [-0.4, -0.2) is 52.8 Å². The van der Waals surface area contributed by atoms with E-state index in [9.17, 15) is 9.59 Å². The zero-order chi connectivity index (χ0) is 19.7. The molecule has 1 aliphatic rings. The normalized spacial score (nSPS) is 14.4. The van der Waals surface area contributed by atoms with Gasteiger partial charge in [-0.3, -0.25) is 9.59 Å². The number of thiazole rings is 1. The third kappa shape index (κ3) is 4.07. The predicted molar refractivity (Wildman–Crippen MR) is 114 cm³/mol. The van der Waals surface area contributed by atoms with Gasteiger partial charge in [-0.25, -0.2) is 4.98 Å². The van der Waals surface area contributed by atoms with Crippen LogP contribution in [0.3, 0.4) is 0 Å². The van der Waals surface area contributed by atoms with Gasteiger partial charge in [0.15, 0.2) is 0 Å². The molecule has 0 radical (unpaired) electrons. The van der Waals surface area contributed by atoms with Gasteiger partial charge in [0.2, 0.25) is 0 Å². The van der Waals surface area contributed by atoms with E-state index in [0.29, 0.717) is 46.7 Å². The Balaban J connectivity index is 1.40. The van der Waals surface area contributed by atoms with Crippen molar-refractivity contribution in [2.24, 2.45) is 0 Å². The number of halogens is 2. The van der Waals surface area contributed by atoms with Crippen LogP contribution in [0, 0.1) is 0 Å². The fourth-order valence-electron chi connectivity index (χ4n) is 3.02. The van der Waals surface area contributed by atoms with E-state index in [1.54, 1.807) is 45.5 Å². The van der Waals surface area contributed by atoms with Gasteiger partial charge < -0.3 is 9.80 Å². The second-order valence-corrected chi connectivity index (χ2v) is 9.10. The van der Waals surface area contributed by atoms with Gasteiger partial charge in [0, 0.05) is 41.8 Å². The topological polar surface area (TPSA) is 53.5 Å². The zero-order valence-electron chi connectivity index (χ0n) is 14.6. The molecule has 5 nitrogen and oxygen atoms in total. The molecule has 1 aromatic carbocycles. The molecule has 0 N–H and O–H groups in total. The monoisotopic (exact) mass is 451 g/mol. The third-order valence-corrected chi connectivity index (χ3v) is 6.87. The molecule has 0 aliphatic carbocycles. The van der Waals surface area contributed by atoms with E-state index in [1.165, 1.54) is 11.3 Å². The molecule has 3 aromatic rings. The van der Waals surface area contributed by atoms with Crippen LogP contribution < -0.4 is 0 Å². The minimum atomic E-state index is -0.130. The van der Waals surface area contributed by atoms with Crippen molar-refractivity contribution in [2.45, 2.75) is 0 Å². The molecule has 1 fully saturated rings. The maximum absolute atomic E-state index is 12.8. The van der Waals surface area contributed by atoms with Crippen molar-refractivity contribution in [2.75, 3.05) is 26.2 Å². The molecule has 0 atom stereocenters. The van der Waals surface area contributed by atoms with Gasteiger partial charge in [-0.05, 0) is 29.6 Å². The number of rotatable bonds is 3. The molecule has 144 valence electrons. The Morgan fingerprint density at radius 1 is 0.964 bits per heavy atom. The maximum atomic E-state index is 12.8. The fraction of sp³-hybridized carbons (Fsp3) is 0.211. The number of carbonyl (C=O) groups excluding carboxylic acids is 2. The number of piperazine rings is 1. The van der Waals surface area contributed by atoms with Crippen molar-refractivity contribution in [3.63, 3.8) is 0 Å². The van der Waals surface area contributed by atoms with E-state index in [4.69, 9.17) is 23.2 Å². The maximum Gasteiger partial charge on any atom is 0.265 e. The highest BCUT2D eigenvalue weighted by Gasteiger charge is 2.27. The largest absolute Gasteiger partial charge is 0.335 e. The number of hydrogen-bond acceptors (Lipinski definition) is 5. The molecule has 4 rings (SSSR count). The molecular weight excluding hydrogens is 437 g/mol. The summed E-state index contributed by atoms with van der Waals surface area (Å²) in [5, 5.41) is 3.69. The van der Waals surface area contributed by atoms with Crippen molar-refractivity contribution in [3.8, 4) is 9.88 Å². The lowest BCUT2D eigenvalue weighted by Gasteiger charge is -2.34. The minimum Gasteiger partial charge on any atom is -0.335 e. The first kappa shape index (κ1) is 19.4. The Bertz CT molecular complexity index is 992. The Labute approximate surface area is 180 Å². The Hall–Kier alpha value is -1.93. The standard InChI is InChI=1S/C19H15Cl2N3O2S2/c20-13-8-12(9-14(21)10-13)18(25)23-3-5-24(6-4-23)19(26)16-11-22-17(28-16)15-2-1-7-27-15/h1-2,7-11H,3-6H2. The van der Waals surface area contributed by atoms with Gasteiger partial charge in [-0.1, -0.05) is 29.3 Å². The van der Waals surface area contributed by atoms with Gasteiger partial charge in [0.25, 0.3) is 11.8 Å². The number of aromatic nitrogens is 1. The molecular formula is C19H15Cl2N3O2S2. The molecule has 1 aliphatic heterocycles. The molecule has 2 aromatic heterocycles. The third-order valence-electron chi connectivity index (χ3n) is 4.41. The molecule has 28 heavy (non-hydrogen) atoms. The predicted octanol–water partition coefficient (Wildman–Crippen LogP) is 4.78. The summed E-state index contributed by atoms with van der Waals surface area (Å²) in [5.41, 5.74) is 0.459. The van der Waals surface area contributed by atoms with Crippen LogP contribution in [0.25, 0.3) is 9.88 Å². The van der Waals surface area contributed by atoms with Crippen LogP contribution in [0.2, 0.25) is 10.0 Å². The second kappa shape index (κ2) is 8.21. The number of amides is 2. The molecule has 0 saturated carbocycles. The van der Waals surface area contributed by atoms with Crippen molar-refractivity contribution in [1.29, 1.82) is 0 Å². The van der Waals surface area contributed by atoms with Crippen LogP contribution in [0.4, 0.5) is 0 Å². The fourth-order valence-corrected chi connectivity index (χ4v) is 5.23. The highest BCUT2D eigenvalue weighted by atomic mass is 35.5. The first-order valence-electron chi connectivity index (χ1n) is 8.55. The average Bonchev–Trinajstić information content (AvgIpc) is 3.38. The number of benzene rings is 1. The highest BCUT2D eigenvalue weighted by Crippen LogP contribution is 2.29.